The minimum absolute atomic E-state index is 0.169. The van der Waals surface area contributed by atoms with Crippen molar-refractivity contribution in [3.63, 3.8) is 0 Å². The van der Waals surface area contributed by atoms with Gasteiger partial charge in [-0.25, -0.2) is 4.79 Å². The van der Waals surface area contributed by atoms with Crippen molar-refractivity contribution in [1.29, 1.82) is 0 Å². The fraction of sp³-hybridized carbons (Fsp3) is 0.550. The van der Waals surface area contributed by atoms with Crippen LogP contribution in [0.4, 0.5) is 5.69 Å². The van der Waals surface area contributed by atoms with Crippen molar-refractivity contribution < 1.29 is 24.1 Å². The van der Waals surface area contributed by atoms with Crippen molar-refractivity contribution in [2.45, 2.75) is 94.5 Å². The molecule has 1 fully saturated rings. The number of halogens is 1. The van der Waals surface area contributed by atoms with Crippen molar-refractivity contribution in [3.8, 4) is 17.2 Å². The molecule has 0 saturated heterocycles. The van der Waals surface area contributed by atoms with Crippen molar-refractivity contribution in [1.82, 2.24) is 9.88 Å². The first-order chi connectivity index (χ1) is 23.6. The highest BCUT2D eigenvalue weighted by molar-refractivity contribution is 6.30. The summed E-state index contributed by atoms with van der Waals surface area (Å²) in [6, 6.07) is 14.0. The molecule has 8 nitrogen and oxygen atoms in total. The lowest BCUT2D eigenvalue weighted by Gasteiger charge is -2.47. The Morgan fingerprint density at radius 3 is 2.59 bits per heavy atom. The highest BCUT2D eigenvalue weighted by atomic mass is 35.5. The fourth-order valence-corrected chi connectivity index (χ4v) is 9.25. The number of benzene rings is 2. The minimum atomic E-state index is -1.07. The molecule has 2 heterocycles. The predicted octanol–water partition coefficient (Wildman–Crippen LogP) is 7.90. The van der Waals surface area contributed by atoms with Crippen LogP contribution < -0.4 is 19.5 Å². The average molecular weight is 688 g/mol. The monoisotopic (exact) mass is 687 g/mol. The lowest BCUT2D eigenvalue weighted by atomic mass is 9.59. The summed E-state index contributed by atoms with van der Waals surface area (Å²) in [6.45, 7) is 6.35. The van der Waals surface area contributed by atoms with Gasteiger partial charge in [-0.1, -0.05) is 31.5 Å². The van der Waals surface area contributed by atoms with Gasteiger partial charge in [0.2, 0.25) is 0 Å². The molecule has 7 rings (SSSR count). The number of nitrogens with zero attached hydrogens (tertiary/aromatic N) is 2. The van der Waals surface area contributed by atoms with Crippen LogP contribution in [0.15, 0.2) is 48.7 Å². The fourth-order valence-electron chi connectivity index (χ4n) is 9.06. The Kier molecular flexibility index (Phi) is 9.48. The van der Waals surface area contributed by atoms with Gasteiger partial charge in [-0.15, -0.1) is 0 Å². The smallest absolute Gasteiger partial charge is 0.329 e. The summed E-state index contributed by atoms with van der Waals surface area (Å²) >= 11 is 6.29. The number of aliphatic carboxylic acids is 1. The minimum Gasteiger partial charge on any atom is -0.493 e. The van der Waals surface area contributed by atoms with E-state index >= 15 is 0 Å². The molecule has 1 aliphatic heterocycles. The van der Waals surface area contributed by atoms with Gasteiger partial charge in [-0.2, -0.15) is 0 Å². The number of carboxylic acids is 1. The van der Waals surface area contributed by atoms with Gasteiger partial charge in [-0.3, -0.25) is 4.98 Å². The SMILES string of the molecule is C[C@@H](COc1ccnc2c1[C@H](C)CCC2)CC1Cc2cc3c(cc2C12CCC(Nc1cccc(Cl)c1)(C(=O)O)CC2)OCC(N(C)C)CO3. The number of carboxylic acid groups (broad SMARTS) is 1. The molecule has 2 N–H and O–H groups in total. The molecule has 1 spiro atoms. The maximum absolute atomic E-state index is 13.0. The molecule has 1 saturated carbocycles. The van der Waals surface area contributed by atoms with Gasteiger partial charge in [-0.05, 0) is 143 Å². The third-order valence-corrected chi connectivity index (χ3v) is 12.2. The Morgan fingerprint density at radius 1 is 1.12 bits per heavy atom. The number of aromatic nitrogens is 1. The summed E-state index contributed by atoms with van der Waals surface area (Å²) in [7, 11) is 4.10. The van der Waals surface area contributed by atoms with Crippen molar-refractivity contribution in [2.75, 3.05) is 39.2 Å². The molecule has 0 radical (unpaired) electrons. The molecular formula is C40H50ClN3O5. The molecule has 3 aromatic rings. The molecule has 1 aromatic heterocycles. The second-order valence-electron chi connectivity index (χ2n) is 15.4. The van der Waals surface area contributed by atoms with E-state index < -0.39 is 11.5 Å². The Labute approximate surface area is 295 Å². The van der Waals surface area contributed by atoms with E-state index in [0.717, 1.165) is 55.0 Å². The standard InChI is InChI=1S/C40H50ClN3O5/c1-25(22-47-34-11-16-42-33-10-5-7-26(2)37(33)34)17-28-18-27-19-35-36(49-24-31(23-48-35)44(3)4)21-32(27)39(28)12-14-40(15-13-39,38(45)46)43-30-9-6-8-29(41)20-30/h6,8-9,11,16,19-21,25-26,28,31,43H,5,7,10,12-15,17-18,22-24H2,1-4H3,(H,45,46)/t25-,26-,28?,31?,39?,40?/m1/s1. The number of aryl methyl sites for hydroxylation is 1. The van der Waals surface area contributed by atoms with Gasteiger partial charge in [0, 0.05) is 28.2 Å². The highest BCUT2D eigenvalue weighted by Gasteiger charge is 2.54. The van der Waals surface area contributed by atoms with E-state index in [2.05, 4.69) is 55.3 Å². The number of hydrogen-bond acceptors (Lipinski definition) is 7. The topological polar surface area (TPSA) is 93.2 Å². The Hall–Kier alpha value is -3.49. The zero-order valence-corrected chi connectivity index (χ0v) is 30.0. The normalized spacial score (nSPS) is 28.0. The van der Waals surface area contributed by atoms with Gasteiger partial charge in [0.1, 0.15) is 24.5 Å². The van der Waals surface area contributed by atoms with Crippen LogP contribution in [0.1, 0.15) is 87.1 Å². The van der Waals surface area contributed by atoms with Gasteiger partial charge >= 0.3 is 5.97 Å². The number of hydrogen-bond donors (Lipinski definition) is 2. The van der Waals surface area contributed by atoms with E-state index in [4.69, 9.17) is 25.8 Å². The average Bonchev–Trinajstić information content (AvgIpc) is 3.20. The third-order valence-electron chi connectivity index (χ3n) is 11.9. The number of ether oxygens (including phenoxy) is 3. The number of anilines is 1. The van der Waals surface area contributed by atoms with Crippen LogP contribution in [0.2, 0.25) is 5.02 Å². The highest BCUT2D eigenvalue weighted by Crippen LogP contribution is 2.58. The molecule has 9 heteroatoms. The number of pyridine rings is 1. The van der Waals surface area contributed by atoms with Crippen LogP contribution in [0.3, 0.4) is 0 Å². The van der Waals surface area contributed by atoms with E-state index in [1.54, 1.807) is 12.1 Å². The van der Waals surface area contributed by atoms with Gasteiger partial charge < -0.3 is 29.5 Å². The Bertz CT molecular complexity index is 1690. The quantitative estimate of drug-likeness (QED) is 0.235. The number of carbonyl (C=O) groups is 1. The second kappa shape index (κ2) is 13.7. The summed E-state index contributed by atoms with van der Waals surface area (Å²) < 4.78 is 19.3. The molecule has 2 aromatic carbocycles. The van der Waals surface area contributed by atoms with E-state index in [1.165, 1.54) is 35.2 Å². The predicted molar refractivity (Wildman–Crippen MR) is 193 cm³/mol. The van der Waals surface area contributed by atoms with Crippen molar-refractivity contribution in [3.05, 3.63) is 76.1 Å². The first kappa shape index (κ1) is 34.0. The zero-order valence-electron chi connectivity index (χ0n) is 29.3. The van der Waals surface area contributed by atoms with Crippen molar-refractivity contribution >= 4 is 23.3 Å². The molecule has 4 atom stereocenters. The third kappa shape index (κ3) is 6.59. The zero-order chi connectivity index (χ0) is 34.3. The van der Waals surface area contributed by atoms with Gasteiger partial charge in [0.05, 0.1) is 12.6 Å². The first-order valence-electron chi connectivity index (χ1n) is 18.0. The number of rotatable bonds is 9. The lowest BCUT2D eigenvalue weighted by Crippen LogP contribution is -2.53. The first-order valence-corrected chi connectivity index (χ1v) is 18.4. The van der Waals surface area contributed by atoms with E-state index in [-0.39, 0.29) is 11.5 Å². The maximum atomic E-state index is 13.0. The molecule has 4 aliphatic rings. The van der Waals surface area contributed by atoms with Crippen molar-refractivity contribution in [2.24, 2.45) is 11.8 Å². The number of fused-ring (bicyclic) bond motifs is 4. The number of likely N-dealkylation sites (N-methyl/N-ethyl adjacent to an activating group) is 1. The van der Waals surface area contributed by atoms with Crippen LogP contribution in [0.5, 0.6) is 17.2 Å². The molecule has 0 amide bonds. The summed E-state index contributed by atoms with van der Waals surface area (Å²) in [4.78, 5) is 19.8. The van der Waals surface area contributed by atoms with E-state index in [0.29, 0.717) is 55.4 Å². The molecule has 0 bridgehead atoms. The summed E-state index contributed by atoms with van der Waals surface area (Å²) in [6.07, 6.45) is 9.70. The largest absolute Gasteiger partial charge is 0.493 e. The number of nitrogens with one attached hydrogen (secondary N) is 1. The van der Waals surface area contributed by atoms with Crippen LogP contribution in [0, 0.1) is 11.8 Å². The molecule has 262 valence electrons. The second-order valence-corrected chi connectivity index (χ2v) is 15.8. The molecule has 3 aliphatic carbocycles. The van der Waals surface area contributed by atoms with E-state index in [9.17, 15) is 9.90 Å². The summed E-state index contributed by atoms with van der Waals surface area (Å²) in [5.41, 5.74) is 4.56. The van der Waals surface area contributed by atoms with Crippen LogP contribution in [0.25, 0.3) is 0 Å². The molecule has 2 unspecified atom stereocenters. The molecule has 49 heavy (non-hydrogen) atoms. The summed E-state index contributed by atoms with van der Waals surface area (Å²) in [5, 5.41) is 14.6. The van der Waals surface area contributed by atoms with Crippen LogP contribution in [-0.4, -0.2) is 66.5 Å². The van der Waals surface area contributed by atoms with Crippen LogP contribution >= 0.6 is 11.6 Å². The van der Waals surface area contributed by atoms with Gasteiger partial charge in [0.25, 0.3) is 0 Å². The maximum Gasteiger partial charge on any atom is 0.329 e. The Balaban J connectivity index is 1.15. The van der Waals surface area contributed by atoms with Crippen LogP contribution in [-0.2, 0) is 23.1 Å². The van der Waals surface area contributed by atoms with E-state index in [1.807, 2.05) is 24.4 Å². The van der Waals surface area contributed by atoms with Gasteiger partial charge in [0.15, 0.2) is 11.5 Å². The Morgan fingerprint density at radius 2 is 1.88 bits per heavy atom. The summed E-state index contributed by atoms with van der Waals surface area (Å²) in [5.74, 6) is 2.88. The lowest BCUT2D eigenvalue weighted by molar-refractivity contribution is -0.144. The molecular weight excluding hydrogens is 638 g/mol.